The highest BCUT2D eigenvalue weighted by Crippen LogP contribution is 2.26. The maximum Gasteiger partial charge on any atom is 0.397 e. The lowest BCUT2D eigenvalue weighted by Crippen LogP contribution is -2.61. The van der Waals surface area contributed by atoms with Gasteiger partial charge in [0.25, 0.3) is 0 Å². The lowest BCUT2D eigenvalue weighted by Gasteiger charge is -2.41. The number of hydrogen-bond acceptors (Lipinski definition) is 11. The van der Waals surface area contributed by atoms with Crippen molar-refractivity contribution in [3.8, 4) is 0 Å². The molecule has 1 fully saturated rings. The highest BCUT2D eigenvalue weighted by Gasteiger charge is 2.48. The number of carbonyl (C=O) groups excluding carboxylic acids is 1. The number of allylic oxidation sites excluding steroid dienone is 5. The Hall–Kier alpha value is -1.72. The van der Waals surface area contributed by atoms with Crippen LogP contribution in [-0.2, 0) is 28.9 Å². The fraction of sp³-hybridized carbons (Fsp3) is 0.857. The molecule has 0 aromatic heterocycles. The topological polar surface area (TPSA) is 212 Å². The van der Waals surface area contributed by atoms with Crippen LogP contribution in [0.25, 0.3) is 0 Å². The normalized spacial score (nSPS) is 21.2. The van der Waals surface area contributed by atoms with E-state index in [4.69, 9.17) is 9.47 Å². The van der Waals surface area contributed by atoms with Crippen LogP contribution in [0.1, 0.15) is 206 Å². The van der Waals surface area contributed by atoms with Crippen molar-refractivity contribution < 1.29 is 57.0 Å². The third kappa shape index (κ3) is 31.8. The molecule has 1 saturated heterocycles. The van der Waals surface area contributed by atoms with Crippen LogP contribution in [0.5, 0.6) is 0 Å². The molecule has 8 unspecified atom stereocenters. The first-order chi connectivity index (χ1) is 30.4. The minimum atomic E-state index is -5.12. The molecule has 1 aliphatic heterocycles. The molecule has 63 heavy (non-hydrogen) atoms. The molecular formula is C49H91NO12S. The molecule has 13 nitrogen and oxygen atoms in total. The standard InChI is InChI=1S/C49H91NO12S/c1-3-5-7-9-11-13-15-17-19-21-23-25-27-29-31-33-35-37-42(52)41(40-60-49-46(55)47(62-63(57,58)59)45(54)44(39-51)61-49)50-48(56)43(53)38-36-34-32-30-28-26-24-22-20-18-16-14-12-10-8-6-4-2/h19,21,27,29,35,37,41-47,49,51-55H,3-18,20,22-26,28,30-34,36,38-40H2,1-2H3,(H,50,56)(H,57,58,59)/b21-19+,29-27+,37-35+. The molecule has 0 aromatic rings. The number of ether oxygens (including phenoxy) is 2. The first-order valence-corrected chi connectivity index (χ1v) is 26.3. The summed E-state index contributed by atoms with van der Waals surface area (Å²) in [5, 5.41) is 55.3. The molecule has 1 heterocycles. The Morgan fingerprint density at radius 3 is 1.52 bits per heavy atom. The molecule has 0 bridgehead atoms. The molecule has 0 radical (unpaired) electrons. The third-order valence-electron chi connectivity index (χ3n) is 11.8. The number of rotatable bonds is 42. The van der Waals surface area contributed by atoms with E-state index >= 15 is 0 Å². The van der Waals surface area contributed by atoms with Crippen molar-refractivity contribution in [2.45, 2.75) is 255 Å². The van der Waals surface area contributed by atoms with Gasteiger partial charge in [-0.1, -0.05) is 198 Å². The molecule has 0 saturated carbocycles. The molecule has 1 aliphatic rings. The highest BCUT2D eigenvalue weighted by molar-refractivity contribution is 7.80. The van der Waals surface area contributed by atoms with E-state index in [0.29, 0.717) is 12.8 Å². The number of nitrogens with one attached hydrogen (secondary N) is 1. The van der Waals surface area contributed by atoms with E-state index in [1.807, 2.05) is 0 Å². The van der Waals surface area contributed by atoms with Crippen molar-refractivity contribution in [2.75, 3.05) is 13.2 Å². The Morgan fingerprint density at radius 1 is 0.635 bits per heavy atom. The van der Waals surface area contributed by atoms with Gasteiger partial charge in [-0.3, -0.25) is 9.35 Å². The van der Waals surface area contributed by atoms with Gasteiger partial charge in [-0.05, 0) is 44.9 Å². The van der Waals surface area contributed by atoms with Crippen molar-refractivity contribution in [3.63, 3.8) is 0 Å². The van der Waals surface area contributed by atoms with E-state index in [2.05, 4.69) is 47.7 Å². The molecule has 370 valence electrons. The van der Waals surface area contributed by atoms with E-state index in [1.165, 1.54) is 134 Å². The molecule has 1 amide bonds. The highest BCUT2D eigenvalue weighted by atomic mass is 32.3. The predicted octanol–water partition coefficient (Wildman–Crippen LogP) is 9.25. The fourth-order valence-corrected chi connectivity index (χ4v) is 8.30. The molecule has 8 atom stereocenters. The van der Waals surface area contributed by atoms with Crippen molar-refractivity contribution in [1.29, 1.82) is 0 Å². The summed E-state index contributed by atoms with van der Waals surface area (Å²) in [7, 11) is -5.12. The molecule has 0 spiro atoms. The predicted molar refractivity (Wildman–Crippen MR) is 251 cm³/mol. The van der Waals surface area contributed by atoms with E-state index in [9.17, 15) is 43.3 Å². The second-order valence-corrected chi connectivity index (χ2v) is 18.6. The number of aliphatic hydroxyl groups excluding tert-OH is 5. The first kappa shape index (κ1) is 59.3. The van der Waals surface area contributed by atoms with Crippen molar-refractivity contribution in [1.82, 2.24) is 5.32 Å². The Balaban J connectivity index is 2.57. The van der Waals surface area contributed by atoms with Crippen molar-refractivity contribution >= 4 is 16.3 Å². The maximum atomic E-state index is 13.1. The molecule has 7 N–H and O–H groups in total. The van der Waals surface area contributed by atoms with Crippen LogP contribution in [-0.4, -0.2) is 107 Å². The number of unbranched alkanes of at least 4 members (excludes halogenated alkanes) is 25. The minimum absolute atomic E-state index is 0.237. The van der Waals surface area contributed by atoms with Gasteiger partial charge in [0.05, 0.1) is 25.4 Å². The van der Waals surface area contributed by atoms with E-state index < -0.39 is 78.5 Å². The van der Waals surface area contributed by atoms with Gasteiger partial charge in [-0.25, -0.2) is 4.18 Å². The largest absolute Gasteiger partial charge is 0.397 e. The SMILES string of the molecule is CCCCCCCCC/C=C/CC/C=C/CC/C=C/C(O)C(COC1OC(CO)C(O)C(OS(=O)(=O)O)C1O)NC(=O)C(O)CCCCCCCCCCCCCCCCCCC. The van der Waals surface area contributed by atoms with Gasteiger partial charge in [-0.2, -0.15) is 8.42 Å². The molecule has 1 rings (SSSR count). The van der Waals surface area contributed by atoms with E-state index in [0.717, 1.165) is 44.9 Å². The summed E-state index contributed by atoms with van der Waals surface area (Å²) in [6, 6.07) is -1.14. The molecular weight excluding hydrogens is 827 g/mol. The maximum absolute atomic E-state index is 13.1. The third-order valence-corrected chi connectivity index (χ3v) is 12.2. The Bertz CT molecular complexity index is 1280. The summed E-state index contributed by atoms with van der Waals surface area (Å²) in [6.07, 6.45) is 35.1. The van der Waals surface area contributed by atoms with Gasteiger partial charge in [0.2, 0.25) is 5.91 Å². The van der Waals surface area contributed by atoms with Crippen molar-refractivity contribution in [2.24, 2.45) is 0 Å². The zero-order valence-corrected chi connectivity index (χ0v) is 40.1. The van der Waals surface area contributed by atoms with E-state index in [-0.39, 0.29) is 6.42 Å². The lowest BCUT2D eigenvalue weighted by atomic mass is 9.99. The summed E-state index contributed by atoms with van der Waals surface area (Å²) in [4.78, 5) is 13.1. The van der Waals surface area contributed by atoms with Crippen LogP contribution in [0.3, 0.4) is 0 Å². The summed E-state index contributed by atoms with van der Waals surface area (Å²) in [5.41, 5.74) is 0. The van der Waals surface area contributed by atoms with Gasteiger partial charge in [-0.15, -0.1) is 0 Å². The number of carbonyl (C=O) groups is 1. The molecule has 0 aromatic carbocycles. The van der Waals surface area contributed by atoms with Gasteiger partial charge in [0, 0.05) is 0 Å². The Kier molecular flexibility index (Phi) is 37.1. The summed E-state index contributed by atoms with van der Waals surface area (Å²) < 4.78 is 47.6. The van der Waals surface area contributed by atoms with Gasteiger partial charge in [0.15, 0.2) is 6.29 Å². The molecule has 0 aliphatic carbocycles. The van der Waals surface area contributed by atoms with Crippen molar-refractivity contribution in [3.05, 3.63) is 36.5 Å². The number of hydrogen-bond donors (Lipinski definition) is 7. The van der Waals surface area contributed by atoms with Gasteiger partial charge >= 0.3 is 10.4 Å². The smallest absolute Gasteiger partial charge is 0.394 e. The Labute approximate surface area is 382 Å². The van der Waals surface area contributed by atoms with Crippen LogP contribution in [0.2, 0.25) is 0 Å². The van der Waals surface area contributed by atoms with Crippen LogP contribution >= 0.6 is 0 Å². The van der Waals surface area contributed by atoms with Crippen LogP contribution in [0, 0.1) is 0 Å². The molecule has 14 heteroatoms. The average molecular weight is 918 g/mol. The minimum Gasteiger partial charge on any atom is -0.394 e. The monoisotopic (exact) mass is 918 g/mol. The lowest BCUT2D eigenvalue weighted by molar-refractivity contribution is -0.298. The van der Waals surface area contributed by atoms with Gasteiger partial charge < -0.3 is 40.3 Å². The number of amides is 1. The second kappa shape index (κ2) is 39.4. The first-order valence-electron chi connectivity index (χ1n) is 25.0. The number of aliphatic hydroxyl groups is 5. The second-order valence-electron chi connectivity index (χ2n) is 17.5. The van der Waals surface area contributed by atoms with Crippen LogP contribution < -0.4 is 5.32 Å². The van der Waals surface area contributed by atoms with Crippen LogP contribution in [0.15, 0.2) is 36.5 Å². The fourth-order valence-electron chi connectivity index (χ4n) is 7.79. The van der Waals surface area contributed by atoms with Gasteiger partial charge in [0.1, 0.15) is 30.5 Å². The summed E-state index contributed by atoms with van der Waals surface area (Å²) >= 11 is 0. The zero-order valence-electron chi connectivity index (χ0n) is 39.3. The summed E-state index contributed by atoms with van der Waals surface area (Å²) in [5.74, 6) is -0.715. The summed E-state index contributed by atoms with van der Waals surface area (Å²) in [6.45, 7) is 3.20. The quantitative estimate of drug-likeness (QED) is 0.0174. The van der Waals surface area contributed by atoms with Crippen LogP contribution in [0.4, 0.5) is 0 Å². The Morgan fingerprint density at radius 2 is 1.06 bits per heavy atom. The average Bonchev–Trinajstić information content (AvgIpc) is 3.25. The van der Waals surface area contributed by atoms with E-state index in [1.54, 1.807) is 6.08 Å². The zero-order chi connectivity index (χ0) is 46.4.